The molecule has 1 saturated carbocycles. The van der Waals surface area contributed by atoms with Crippen molar-refractivity contribution in [2.24, 2.45) is 5.92 Å². The number of benzene rings is 1. The molecule has 0 bridgehead atoms. The average Bonchev–Trinajstić information content (AvgIpc) is 3.48. The SMILES string of the molecule is COc1ccc(C(=O)NC[C@@H]2CC[C@H](CC(=O)NC(C)C)N2CC2CC2)cc1.O=CO. The molecule has 2 fully saturated rings. The van der Waals surface area contributed by atoms with Gasteiger partial charge in [0.15, 0.2) is 0 Å². The minimum Gasteiger partial charge on any atom is -0.497 e. The number of hydrogen-bond donors (Lipinski definition) is 3. The maximum atomic E-state index is 12.5. The predicted molar refractivity (Wildman–Crippen MR) is 118 cm³/mol. The number of amides is 2. The zero-order chi connectivity index (χ0) is 22.8. The van der Waals surface area contributed by atoms with E-state index < -0.39 is 0 Å². The lowest BCUT2D eigenvalue weighted by molar-refractivity contribution is -0.123. The largest absolute Gasteiger partial charge is 0.497 e. The number of ether oxygens (including phenoxy) is 1. The van der Waals surface area contributed by atoms with Gasteiger partial charge in [0.1, 0.15) is 5.75 Å². The highest BCUT2D eigenvalue weighted by Crippen LogP contribution is 2.35. The predicted octanol–water partition coefficient (Wildman–Crippen LogP) is 2.28. The first-order chi connectivity index (χ1) is 14.9. The summed E-state index contributed by atoms with van der Waals surface area (Å²) in [6.45, 7) is 5.40. The Hall–Kier alpha value is -2.61. The van der Waals surface area contributed by atoms with Crippen molar-refractivity contribution in [3.63, 3.8) is 0 Å². The normalized spacial score (nSPS) is 20.5. The minimum atomic E-state index is -0.250. The Morgan fingerprint density at radius 3 is 2.32 bits per heavy atom. The maximum Gasteiger partial charge on any atom is 0.290 e. The summed E-state index contributed by atoms with van der Waals surface area (Å²) in [4.78, 5) is 35.6. The fourth-order valence-corrected chi connectivity index (χ4v) is 4.00. The molecule has 8 heteroatoms. The standard InChI is InChI=1S/C22H33N3O3.CH2O2/c1-15(2)24-21(26)12-18-8-9-19(25(18)14-16-4-5-16)13-23-22(27)17-6-10-20(28-3)11-7-17;2-1-3/h6-7,10-11,15-16,18-19H,4-5,8-9,12-14H2,1-3H3,(H,23,27)(H,24,26);1H,(H,2,3)/t18-,19+;/m1./s1. The Labute approximate surface area is 184 Å². The Morgan fingerprint density at radius 1 is 1.16 bits per heavy atom. The molecule has 1 saturated heterocycles. The van der Waals surface area contributed by atoms with Crippen LogP contribution in [0.15, 0.2) is 24.3 Å². The number of carboxylic acid groups (broad SMARTS) is 1. The molecule has 2 aliphatic rings. The van der Waals surface area contributed by atoms with E-state index in [2.05, 4.69) is 15.5 Å². The molecule has 3 rings (SSSR count). The van der Waals surface area contributed by atoms with Gasteiger partial charge in [0, 0.05) is 43.2 Å². The first kappa shape index (κ1) is 24.7. The van der Waals surface area contributed by atoms with E-state index in [9.17, 15) is 9.59 Å². The van der Waals surface area contributed by atoms with Gasteiger partial charge in [0.05, 0.1) is 7.11 Å². The lowest BCUT2D eigenvalue weighted by Gasteiger charge is -2.30. The Bertz CT molecular complexity index is 718. The molecule has 1 aromatic rings. The zero-order valence-corrected chi connectivity index (χ0v) is 18.7. The Morgan fingerprint density at radius 2 is 1.77 bits per heavy atom. The van der Waals surface area contributed by atoms with Gasteiger partial charge < -0.3 is 20.5 Å². The second-order valence-electron chi connectivity index (χ2n) is 8.50. The van der Waals surface area contributed by atoms with Crippen molar-refractivity contribution in [1.29, 1.82) is 0 Å². The van der Waals surface area contributed by atoms with Gasteiger partial charge in [-0.1, -0.05) is 0 Å². The van der Waals surface area contributed by atoms with Crippen LogP contribution in [0.25, 0.3) is 0 Å². The van der Waals surface area contributed by atoms with Crippen LogP contribution in [0.2, 0.25) is 0 Å². The van der Waals surface area contributed by atoms with Crippen molar-refractivity contribution in [2.75, 3.05) is 20.2 Å². The van der Waals surface area contributed by atoms with Crippen molar-refractivity contribution >= 4 is 18.3 Å². The number of carbonyl (C=O) groups excluding carboxylic acids is 2. The average molecular weight is 434 g/mol. The third-order valence-electron chi connectivity index (χ3n) is 5.66. The van der Waals surface area contributed by atoms with E-state index in [0.717, 1.165) is 31.1 Å². The Balaban J connectivity index is 0.00000107. The van der Waals surface area contributed by atoms with Gasteiger partial charge in [0.25, 0.3) is 12.4 Å². The van der Waals surface area contributed by atoms with E-state index in [0.29, 0.717) is 24.6 Å². The monoisotopic (exact) mass is 433 g/mol. The number of likely N-dealkylation sites (tertiary alicyclic amines) is 1. The van der Waals surface area contributed by atoms with Gasteiger partial charge in [0.2, 0.25) is 5.91 Å². The highest BCUT2D eigenvalue weighted by molar-refractivity contribution is 5.94. The number of hydrogen-bond acceptors (Lipinski definition) is 5. The topological polar surface area (TPSA) is 108 Å². The van der Waals surface area contributed by atoms with Gasteiger partial charge in [-0.2, -0.15) is 0 Å². The highest BCUT2D eigenvalue weighted by Gasteiger charge is 2.38. The summed E-state index contributed by atoms with van der Waals surface area (Å²) in [5, 5.41) is 13.0. The van der Waals surface area contributed by atoms with Crippen LogP contribution in [-0.2, 0) is 9.59 Å². The summed E-state index contributed by atoms with van der Waals surface area (Å²) in [5.41, 5.74) is 0.639. The smallest absolute Gasteiger partial charge is 0.290 e. The molecule has 1 heterocycles. The summed E-state index contributed by atoms with van der Waals surface area (Å²) < 4.78 is 5.14. The van der Waals surface area contributed by atoms with Crippen LogP contribution >= 0.6 is 0 Å². The lowest BCUT2D eigenvalue weighted by atomic mass is 10.1. The summed E-state index contributed by atoms with van der Waals surface area (Å²) in [5.74, 6) is 1.57. The number of carbonyl (C=O) groups is 3. The van der Waals surface area contributed by atoms with Crippen LogP contribution < -0.4 is 15.4 Å². The molecule has 1 aliphatic carbocycles. The summed E-state index contributed by atoms with van der Waals surface area (Å²) in [6, 6.07) is 7.92. The van der Waals surface area contributed by atoms with Crippen LogP contribution in [0.4, 0.5) is 0 Å². The molecule has 1 aliphatic heterocycles. The molecule has 8 nitrogen and oxygen atoms in total. The Kier molecular flexibility index (Phi) is 9.78. The van der Waals surface area contributed by atoms with Gasteiger partial charge >= 0.3 is 0 Å². The van der Waals surface area contributed by atoms with Crippen LogP contribution in [0.5, 0.6) is 5.75 Å². The van der Waals surface area contributed by atoms with E-state index in [1.807, 2.05) is 13.8 Å². The van der Waals surface area contributed by atoms with Gasteiger partial charge in [-0.3, -0.25) is 19.3 Å². The lowest BCUT2D eigenvalue weighted by Crippen LogP contribution is -2.46. The third kappa shape index (κ3) is 8.20. The van der Waals surface area contributed by atoms with Crippen molar-refractivity contribution in [3.8, 4) is 5.75 Å². The number of nitrogens with zero attached hydrogens (tertiary/aromatic N) is 1. The molecular weight excluding hydrogens is 398 g/mol. The molecule has 0 unspecified atom stereocenters. The molecule has 172 valence electrons. The third-order valence-corrected chi connectivity index (χ3v) is 5.66. The molecule has 1 aromatic carbocycles. The molecule has 0 aromatic heterocycles. The van der Waals surface area contributed by atoms with Crippen LogP contribution in [0.3, 0.4) is 0 Å². The number of rotatable bonds is 9. The van der Waals surface area contributed by atoms with Gasteiger partial charge in [-0.25, -0.2) is 0 Å². The fourth-order valence-electron chi connectivity index (χ4n) is 4.00. The van der Waals surface area contributed by atoms with Crippen LogP contribution in [0.1, 0.15) is 56.3 Å². The molecule has 2 atom stereocenters. The molecule has 31 heavy (non-hydrogen) atoms. The summed E-state index contributed by atoms with van der Waals surface area (Å²) in [7, 11) is 1.61. The zero-order valence-electron chi connectivity index (χ0n) is 18.7. The van der Waals surface area contributed by atoms with E-state index in [1.54, 1.807) is 31.4 Å². The minimum absolute atomic E-state index is 0.0602. The second kappa shape index (κ2) is 12.3. The highest BCUT2D eigenvalue weighted by atomic mass is 16.5. The van der Waals surface area contributed by atoms with Gasteiger partial charge in [-0.15, -0.1) is 0 Å². The van der Waals surface area contributed by atoms with Crippen molar-refractivity contribution < 1.29 is 24.2 Å². The maximum absolute atomic E-state index is 12.5. The second-order valence-corrected chi connectivity index (χ2v) is 8.50. The summed E-state index contributed by atoms with van der Waals surface area (Å²) in [6.07, 6.45) is 5.16. The molecule has 3 N–H and O–H groups in total. The molecular formula is C23H35N3O5. The number of methoxy groups -OCH3 is 1. The first-order valence-electron chi connectivity index (χ1n) is 10.9. The molecule has 0 radical (unpaired) electrons. The van der Waals surface area contributed by atoms with Crippen molar-refractivity contribution in [2.45, 2.75) is 64.1 Å². The molecule has 2 amide bonds. The van der Waals surface area contributed by atoms with E-state index in [4.69, 9.17) is 14.6 Å². The van der Waals surface area contributed by atoms with Gasteiger partial charge in [-0.05, 0) is 69.7 Å². The van der Waals surface area contributed by atoms with Crippen molar-refractivity contribution in [3.05, 3.63) is 29.8 Å². The van der Waals surface area contributed by atoms with E-state index in [1.165, 1.54) is 12.8 Å². The number of nitrogens with one attached hydrogen (secondary N) is 2. The van der Waals surface area contributed by atoms with Crippen LogP contribution in [-0.4, -0.2) is 66.6 Å². The first-order valence-corrected chi connectivity index (χ1v) is 10.9. The van der Waals surface area contributed by atoms with E-state index in [-0.39, 0.29) is 30.4 Å². The van der Waals surface area contributed by atoms with E-state index >= 15 is 0 Å². The quantitative estimate of drug-likeness (QED) is 0.516. The van der Waals surface area contributed by atoms with Crippen molar-refractivity contribution in [1.82, 2.24) is 15.5 Å². The summed E-state index contributed by atoms with van der Waals surface area (Å²) >= 11 is 0. The van der Waals surface area contributed by atoms with Crippen LogP contribution in [0, 0.1) is 5.92 Å². The molecule has 0 spiro atoms. The fraction of sp³-hybridized carbons (Fsp3) is 0.609.